The van der Waals surface area contributed by atoms with Crippen molar-refractivity contribution < 1.29 is 9.47 Å². The minimum absolute atomic E-state index is 0.240. The fourth-order valence-electron chi connectivity index (χ4n) is 3.24. The van der Waals surface area contributed by atoms with E-state index in [-0.39, 0.29) is 6.79 Å². The largest absolute Gasteiger partial charge is 0.454 e. The molecule has 0 fully saturated rings. The standard InChI is InChI=1S/C23H19N5O2/c1-3-7-17(8-4-1)15-28(19-9-5-2-6-10-19)23-26-22(14-24-27-23)25-18-11-12-20-21(13-18)30-16-29-20/h1-14H,15-16H2,(H,25,26,27). The van der Waals surface area contributed by atoms with Gasteiger partial charge in [0.15, 0.2) is 17.3 Å². The number of fused-ring (bicyclic) bond motifs is 1. The third-order valence-corrected chi connectivity index (χ3v) is 4.69. The van der Waals surface area contributed by atoms with Gasteiger partial charge in [0.25, 0.3) is 5.95 Å². The highest BCUT2D eigenvalue weighted by atomic mass is 16.7. The molecule has 3 aromatic carbocycles. The number of rotatable bonds is 6. The van der Waals surface area contributed by atoms with E-state index in [1.807, 2.05) is 71.6 Å². The normalized spacial score (nSPS) is 11.9. The van der Waals surface area contributed by atoms with E-state index in [0.717, 1.165) is 22.7 Å². The Morgan fingerprint density at radius 1 is 0.867 bits per heavy atom. The summed E-state index contributed by atoms with van der Waals surface area (Å²) < 4.78 is 10.8. The summed E-state index contributed by atoms with van der Waals surface area (Å²) in [6.07, 6.45) is 1.60. The van der Waals surface area contributed by atoms with Gasteiger partial charge in [0.1, 0.15) is 0 Å². The van der Waals surface area contributed by atoms with E-state index in [2.05, 4.69) is 27.6 Å². The number of para-hydroxylation sites is 1. The lowest BCUT2D eigenvalue weighted by Gasteiger charge is -2.22. The number of hydrogen-bond acceptors (Lipinski definition) is 7. The van der Waals surface area contributed by atoms with Crippen molar-refractivity contribution in [3.8, 4) is 11.5 Å². The lowest BCUT2D eigenvalue weighted by atomic mass is 10.2. The highest BCUT2D eigenvalue weighted by Crippen LogP contribution is 2.35. The van der Waals surface area contributed by atoms with Crippen molar-refractivity contribution in [2.45, 2.75) is 6.54 Å². The Balaban J connectivity index is 1.44. The number of benzene rings is 3. The van der Waals surface area contributed by atoms with Crippen molar-refractivity contribution in [1.29, 1.82) is 0 Å². The van der Waals surface area contributed by atoms with E-state index < -0.39 is 0 Å². The average Bonchev–Trinajstić information content (AvgIpc) is 3.27. The van der Waals surface area contributed by atoms with Gasteiger partial charge < -0.3 is 19.7 Å². The van der Waals surface area contributed by atoms with Gasteiger partial charge in [0.2, 0.25) is 6.79 Å². The van der Waals surface area contributed by atoms with Crippen LogP contribution in [0.1, 0.15) is 5.56 Å². The van der Waals surface area contributed by atoms with Crippen LogP contribution in [0.15, 0.2) is 85.1 Å². The molecule has 2 heterocycles. The topological polar surface area (TPSA) is 72.4 Å². The van der Waals surface area contributed by atoms with E-state index in [1.165, 1.54) is 0 Å². The third kappa shape index (κ3) is 3.86. The number of nitrogens with one attached hydrogen (secondary N) is 1. The van der Waals surface area contributed by atoms with Crippen LogP contribution in [-0.2, 0) is 6.54 Å². The predicted molar refractivity (Wildman–Crippen MR) is 114 cm³/mol. The molecule has 0 atom stereocenters. The van der Waals surface area contributed by atoms with Crippen LogP contribution in [0, 0.1) is 0 Å². The maximum absolute atomic E-state index is 5.44. The fourth-order valence-corrected chi connectivity index (χ4v) is 3.24. The Kier molecular flexibility index (Phi) is 4.83. The molecule has 1 aromatic heterocycles. The van der Waals surface area contributed by atoms with Crippen LogP contribution in [0.4, 0.5) is 23.1 Å². The molecule has 0 saturated heterocycles. The number of anilines is 4. The molecule has 1 N–H and O–H groups in total. The lowest BCUT2D eigenvalue weighted by molar-refractivity contribution is 0.174. The summed E-state index contributed by atoms with van der Waals surface area (Å²) in [5, 5.41) is 11.7. The Morgan fingerprint density at radius 2 is 1.63 bits per heavy atom. The molecule has 7 nitrogen and oxygen atoms in total. The van der Waals surface area contributed by atoms with Crippen LogP contribution in [0.2, 0.25) is 0 Å². The number of hydrogen-bond donors (Lipinski definition) is 1. The van der Waals surface area contributed by atoms with Gasteiger partial charge in [-0.15, -0.1) is 5.10 Å². The van der Waals surface area contributed by atoms with Crippen LogP contribution in [-0.4, -0.2) is 22.0 Å². The maximum Gasteiger partial charge on any atom is 0.252 e. The van der Waals surface area contributed by atoms with Gasteiger partial charge in [0.05, 0.1) is 12.7 Å². The second-order valence-corrected chi connectivity index (χ2v) is 6.74. The Bertz CT molecular complexity index is 1140. The van der Waals surface area contributed by atoms with Crippen molar-refractivity contribution in [2.75, 3.05) is 17.0 Å². The van der Waals surface area contributed by atoms with Crippen molar-refractivity contribution >= 4 is 23.1 Å². The van der Waals surface area contributed by atoms with Gasteiger partial charge in [-0.05, 0) is 29.8 Å². The van der Waals surface area contributed by atoms with Gasteiger partial charge in [-0.2, -0.15) is 10.1 Å². The van der Waals surface area contributed by atoms with E-state index >= 15 is 0 Å². The second-order valence-electron chi connectivity index (χ2n) is 6.74. The molecule has 7 heteroatoms. The molecule has 0 unspecified atom stereocenters. The first-order valence-corrected chi connectivity index (χ1v) is 9.58. The first-order chi connectivity index (χ1) is 14.8. The van der Waals surface area contributed by atoms with Crippen LogP contribution in [0.3, 0.4) is 0 Å². The molecule has 0 aliphatic carbocycles. The molecule has 1 aliphatic rings. The van der Waals surface area contributed by atoms with Gasteiger partial charge >= 0.3 is 0 Å². The molecule has 30 heavy (non-hydrogen) atoms. The number of nitrogens with zero attached hydrogens (tertiary/aromatic N) is 4. The molecule has 0 amide bonds. The Labute approximate surface area is 173 Å². The summed E-state index contributed by atoms with van der Waals surface area (Å²) in [5.74, 6) is 2.54. The summed E-state index contributed by atoms with van der Waals surface area (Å²) in [4.78, 5) is 6.74. The summed E-state index contributed by atoms with van der Waals surface area (Å²) in [7, 11) is 0. The van der Waals surface area contributed by atoms with Crippen LogP contribution < -0.4 is 19.7 Å². The molecular weight excluding hydrogens is 378 g/mol. The van der Waals surface area contributed by atoms with E-state index in [4.69, 9.17) is 14.5 Å². The number of ether oxygens (including phenoxy) is 2. The SMILES string of the molecule is c1ccc(CN(c2ccccc2)c2nncc(Nc3ccc4c(c3)OCO4)n2)cc1. The van der Waals surface area contributed by atoms with Crippen LogP contribution in [0.25, 0.3) is 0 Å². The zero-order chi connectivity index (χ0) is 20.2. The lowest BCUT2D eigenvalue weighted by Crippen LogP contribution is -2.20. The molecule has 0 radical (unpaired) electrons. The summed E-state index contributed by atoms with van der Waals surface area (Å²) in [5.41, 5.74) is 2.97. The molecule has 0 spiro atoms. The Morgan fingerprint density at radius 3 is 2.47 bits per heavy atom. The average molecular weight is 397 g/mol. The van der Waals surface area contributed by atoms with Gasteiger partial charge in [0, 0.05) is 17.4 Å². The zero-order valence-corrected chi connectivity index (χ0v) is 16.1. The summed E-state index contributed by atoms with van der Waals surface area (Å²) in [6.45, 7) is 0.865. The van der Waals surface area contributed by atoms with Gasteiger partial charge in [-0.25, -0.2) is 0 Å². The van der Waals surface area contributed by atoms with Crippen LogP contribution in [0.5, 0.6) is 11.5 Å². The minimum Gasteiger partial charge on any atom is -0.454 e. The summed E-state index contributed by atoms with van der Waals surface area (Å²) in [6, 6.07) is 25.9. The molecule has 5 rings (SSSR count). The quantitative estimate of drug-likeness (QED) is 0.506. The second kappa shape index (κ2) is 8.08. The Hall–Kier alpha value is -4.13. The molecule has 148 valence electrons. The van der Waals surface area contributed by atoms with Crippen molar-refractivity contribution in [3.63, 3.8) is 0 Å². The monoisotopic (exact) mass is 397 g/mol. The first kappa shape index (κ1) is 17.9. The minimum atomic E-state index is 0.240. The fraction of sp³-hybridized carbons (Fsp3) is 0.0870. The van der Waals surface area contributed by atoms with Crippen molar-refractivity contribution in [1.82, 2.24) is 15.2 Å². The zero-order valence-electron chi connectivity index (χ0n) is 16.1. The molecule has 0 saturated carbocycles. The van der Waals surface area contributed by atoms with E-state index in [9.17, 15) is 0 Å². The first-order valence-electron chi connectivity index (χ1n) is 9.58. The molecule has 0 bridgehead atoms. The molecule has 4 aromatic rings. The smallest absolute Gasteiger partial charge is 0.252 e. The predicted octanol–water partition coefficient (Wildman–Crippen LogP) is 4.68. The van der Waals surface area contributed by atoms with E-state index in [1.54, 1.807) is 6.20 Å². The van der Waals surface area contributed by atoms with Gasteiger partial charge in [-0.1, -0.05) is 48.5 Å². The van der Waals surface area contributed by atoms with E-state index in [0.29, 0.717) is 24.1 Å². The van der Waals surface area contributed by atoms with Crippen LogP contribution >= 0.6 is 0 Å². The highest BCUT2D eigenvalue weighted by Gasteiger charge is 2.16. The van der Waals surface area contributed by atoms with Crippen molar-refractivity contribution in [3.05, 3.63) is 90.6 Å². The molecule has 1 aliphatic heterocycles. The summed E-state index contributed by atoms with van der Waals surface area (Å²) >= 11 is 0. The molecular formula is C23H19N5O2. The number of aromatic nitrogens is 3. The third-order valence-electron chi connectivity index (χ3n) is 4.69. The highest BCUT2D eigenvalue weighted by molar-refractivity contribution is 5.63. The van der Waals surface area contributed by atoms with Crippen molar-refractivity contribution in [2.24, 2.45) is 0 Å². The maximum atomic E-state index is 5.44. The van der Waals surface area contributed by atoms with Gasteiger partial charge in [-0.3, -0.25) is 0 Å².